The molecule has 0 radical (unpaired) electrons. The van der Waals surface area contributed by atoms with Gasteiger partial charge in [0.15, 0.2) is 5.41 Å². The topological polar surface area (TPSA) is 49.8 Å². The average molecular weight is 283 g/mol. The maximum Gasteiger partial charge on any atom is 0.406 e. The van der Waals surface area contributed by atoms with Crippen LogP contribution < -0.4 is 0 Å². The number of aliphatic carboxylic acids is 1. The van der Waals surface area contributed by atoms with Gasteiger partial charge in [-0.2, -0.15) is 13.2 Å². The van der Waals surface area contributed by atoms with Crippen LogP contribution in [0.25, 0.3) is 0 Å². The third-order valence-electron chi connectivity index (χ3n) is 3.88. The first kappa shape index (κ1) is 16.2. The van der Waals surface area contributed by atoms with Gasteiger partial charge in [-0.05, 0) is 33.2 Å². The Morgan fingerprint density at radius 3 is 2.37 bits per heavy atom. The van der Waals surface area contributed by atoms with Crippen molar-refractivity contribution < 1.29 is 27.8 Å². The van der Waals surface area contributed by atoms with Crippen molar-refractivity contribution in [2.45, 2.75) is 38.5 Å². The van der Waals surface area contributed by atoms with Crippen LogP contribution in [0.2, 0.25) is 0 Å². The van der Waals surface area contributed by atoms with Gasteiger partial charge in [0.1, 0.15) is 0 Å². The van der Waals surface area contributed by atoms with Crippen molar-refractivity contribution in [2.24, 2.45) is 5.41 Å². The maximum atomic E-state index is 12.9. The van der Waals surface area contributed by atoms with Crippen molar-refractivity contribution in [3.05, 3.63) is 0 Å². The normalized spacial score (nSPS) is 25.8. The van der Waals surface area contributed by atoms with Crippen LogP contribution in [0.15, 0.2) is 0 Å². The molecule has 1 aliphatic heterocycles. The Labute approximate surface area is 110 Å². The average Bonchev–Trinajstić information content (AvgIpc) is 2.71. The highest BCUT2D eigenvalue weighted by Gasteiger charge is 2.63. The second-order valence-electron chi connectivity index (χ2n) is 5.62. The van der Waals surface area contributed by atoms with E-state index in [-0.39, 0.29) is 13.0 Å². The van der Waals surface area contributed by atoms with E-state index in [2.05, 4.69) is 0 Å². The fourth-order valence-electron chi connectivity index (χ4n) is 2.14. The lowest BCUT2D eigenvalue weighted by Crippen LogP contribution is -2.47. The molecule has 4 nitrogen and oxygen atoms in total. The van der Waals surface area contributed by atoms with Crippen molar-refractivity contribution in [2.75, 3.05) is 26.7 Å². The summed E-state index contributed by atoms with van der Waals surface area (Å²) in [6.45, 7) is 3.75. The molecule has 0 spiro atoms. The van der Waals surface area contributed by atoms with Crippen LogP contribution in [0.3, 0.4) is 0 Å². The summed E-state index contributed by atoms with van der Waals surface area (Å²) < 4.78 is 44.0. The van der Waals surface area contributed by atoms with Crippen molar-refractivity contribution in [3.63, 3.8) is 0 Å². The summed E-state index contributed by atoms with van der Waals surface area (Å²) in [6, 6.07) is 0. The predicted molar refractivity (Wildman–Crippen MR) is 62.9 cm³/mol. The van der Waals surface area contributed by atoms with Gasteiger partial charge in [-0.15, -0.1) is 0 Å². The third-order valence-corrected chi connectivity index (χ3v) is 3.88. The zero-order valence-corrected chi connectivity index (χ0v) is 11.4. The Bertz CT molecular complexity index is 344. The Balaban J connectivity index is 2.68. The molecular weight excluding hydrogens is 263 g/mol. The van der Waals surface area contributed by atoms with E-state index in [1.54, 1.807) is 12.0 Å². The Hall–Kier alpha value is -0.820. The van der Waals surface area contributed by atoms with E-state index in [0.29, 0.717) is 13.0 Å². The monoisotopic (exact) mass is 283 g/mol. The standard InChI is InChI=1S/C12H20F3NO3/c1-10(2,19-3)4-6-16-7-5-11(8-16,9(17)18)12(13,14)15/h4-8H2,1-3H3,(H,17,18). The van der Waals surface area contributed by atoms with Gasteiger partial charge in [0.25, 0.3) is 0 Å². The summed E-state index contributed by atoms with van der Waals surface area (Å²) in [4.78, 5) is 12.5. The number of methoxy groups -OCH3 is 1. The van der Waals surface area contributed by atoms with E-state index in [1.807, 2.05) is 13.8 Å². The molecule has 1 unspecified atom stereocenters. The first-order valence-corrected chi connectivity index (χ1v) is 6.12. The lowest BCUT2D eigenvalue weighted by molar-refractivity contribution is -0.227. The SMILES string of the molecule is COC(C)(C)CCN1CCC(C(=O)O)(C(F)(F)F)C1. The number of carboxylic acids is 1. The number of nitrogens with zero attached hydrogens (tertiary/aromatic N) is 1. The maximum absolute atomic E-state index is 12.9. The molecule has 0 amide bonds. The van der Waals surface area contributed by atoms with E-state index < -0.39 is 29.7 Å². The van der Waals surface area contributed by atoms with E-state index in [4.69, 9.17) is 9.84 Å². The number of hydrogen-bond donors (Lipinski definition) is 1. The summed E-state index contributed by atoms with van der Waals surface area (Å²) >= 11 is 0. The van der Waals surface area contributed by atoms with Gasteiger partial charge in [-0.3, -0.25) is 4.79 Å². The van der Waals surface area contributed by atoms with Gasteiger partial charge in [0.2, 0.25) is 0 Å². The van der Waals surface area contributed by atoms with Crippen molar-refractivity contribution >= 4 is 5.97 Å². The zero-order valence-electron chi connectivity index (χ0n) is 11.4. The first-order valence-electron chi connectivity index (χ1n) is 6.12. The number of halogens is 3. The van der Waals surface area contributed by atoms with E-state index in [0.717, 1.165) is 0 Å². The van der Waals surface area contributed by atoms with Crippen molar-refractivity contribution in [1.82, 2.24) is 4.90 Å². The Kier molecular flexibility index (Phi) is 4.51. The first-order chi connectivity index (χ1) is 8.54. The minimum atomic E-state index is -4.72. The van der Waals surface area contributed by atoms with Crippen LogP contribution in [-0.4, -0.2) is 54.5 Å². The predicted octanol–water partition coefficient (Wildman–Crippen LogP) is 2.14. The number of carbonyl (C=O) groups is 1. The van der Waals surface area contributed by atoms with E-state index in [9.17, 15) is 18.0 Å². The number of carboxylic acid groups (broad SMARTS) is 1. The molecule has 112 valence electrons. The molecule has 0 aromatic carbocycles. The molecule has 0 aliphatic carbocycles. The van der Waals surface area contributed by atoms with Crippen LogP contribution >= 0.6 is 0 Å². The molecule has 0 bridgehead atoms. The zero-order chi connectivity index (χ0) is 14.9. The van der Waals surface area contributed by atoms with Crippen molar-refractivity contribution in [3.8, 4) is 0 Å². The summed E-state index contributed by atoms with van der Waals surface area (Å²) in [7, 11) is 1.54. The third kappa shape index (κ3) is 3.39. The van der Waals surface area contributed by atoms with Gasteiger partial charge < -0.3 is 14.7 Å². The molecule has 1 fully saturated rings. The molecule has 1 atom stereocenters. The minimum Gasteiger partial charge on any atom is -0.481 e. The van der Waals surface area contributed by atoms with Gasteiger partial charge in [0.05, 0.1) is 5.60 Å². The highest BCUT2D eigenvalue weighted by atomic mass is 19.4. The lowest BCUT2D eigenvalue weighted by Gasteiger charge is -2.29. The second kappa shape index (κ2) is 5.28. The van der Waals surface area contributed by atoms with Gasteiger partial charge >= 0.3 is 12.1 Å². The molecule has 1 heterocycles. The van der Waals surface area contributed by atoms with E-state index >= 15 is 0 Å². The number of likely N-dealkylation sites (tertiary alicyclic amines) is 1. The second-order valence-corrected chi connectivity index (χ2v) is 5.62. The summed E-state index contributed by atoms with van der Waals surface area (Å²) in [5, 5.41) is 8.92. The quantitative estimate of drug-likeness (QED) is 0.840. The molecule has 0 saturated carbocycles. The highest BCUT2D eigenvalue weighted by molar-refractivity contribution is 5.76. The molecule has 1 N–H and O–H groups in total. The van der Waals surface area contributed by atoms with Crippen molar-refractivity contribution in [1.29, 1.82) is 0 Å². The Morgan fingerprint density at radius 2 is 2.00 bits per heavy atom. The summed E-state index contributed by atoms with van der Waals surface area (Å²) in [6.07, 6.45) is -4.55. The number of rotatable bonds is 5. The Morgan fingerprint density at radius 1 is 1.42 bits per heavy atom. The van der Waals surface area contributed by atoms with Gasteiger partial charge in [-0.1, -0.05) is 0 Å². The molecule has 7 heteroatoms. The number of ether oxygens (including phenoxy) is 1. The fraction of sp³-hybridized carbons (Fsp3) is 0.917. The van der Waals surface area contributed by atoms with E-state index in [1.165, 1.54) is 0 Å². The molecule has 1 aliphatic rings. The minimum absolute atomic E-state index is 0.144. The lowest BCUT2D eigenvalue weighted by atomic mass is 9.86. The molecule has 0 aromatic heterocycles. The number of alkyl halides is 3. The molecule has 1 saturated heterocycles. The highest BCUT2D eigenvalue weighted by Crippen LogP contribution is 2.45. The fourth-order valence-corrected chi connectivity index (χ4v) is 2.14. The van der Waals surface area contributed by atoms with Crippen LogP contribution in [0.1, 0.15) is 26.7 Å². The molecular formula is C12H20F3NO3. The summed E-state index contributed by atoms with van der Waals surface area (Å²) in [5.74, 6) is -1.78. The number of hydrogen-bond acceptors (Lipinski definition) is 3. The van der Waals surface area contributed by atoms with Crippen LogP contribution in [-0.2, 0) is 9.53 Å². The smallest absolute Gasteiger partial charge is 0.406 e. The molecule has 19 heavy (non-hydrogen) atoms. The van der Waals surface area contributed by atoms with Crippen LogP contribution in [0.5, 0.6) is 0 Å². The van der Waals surface area contributed by atoms with Crippen LogP contribution in [0.4, 0.5) is 13.2 Å². The summed E-state index contributed by atoms with van der Waals surface area (Å²) in [5.41, 5.74) is -3.04. The van der Waals surface area contributed by atoms with Gasteiger partial charge in [0, 0.05) is 20.2 Å². The largest absolute Gasteiger partial charge is 0.481 e. The molecule has 1 rings (SSSR count). The van der Waals surface area contributed by atoms with Gasteiger partial charge in [-0.25, -0.2) is 0 Å². The van der Waals surface area contributed by atoms with Crippen LogP contribution in [0, 0.1) is 5.41 Å². The molecule has 0 aromatic rings.